The topological polar surface area (TPSA) is 37.4 Å². The summed E-state index contributed by atoms with van der Waals surface area (Å²) in [7, 11) is -3.32. The van der Waals surface area contributed by atoms with Gasteiger partial charge in [-0.1, -0.05) is 29.8 Å². The zero-order valence-electron chi connectivity index (χ0n) is 12.0. The van der Waals surface area contributed by atoms with E-state index in [2.05, 4.69) is 29.8 Å². The van der Waals surface area contributed by atoms with E-state index in [1.54, 1.807) is 28.6 Å². The normalized spacial score (nSPS) is 18.6. The van der Waals surface area contributed by atoms with Crippen molar-refractivity contribution in [1.82, 2.24) is 4.31 Å². The molecule has 3 nitrogen and oxygen atoms in total. The summed E-state index contributed by atoms with van der Waals surface area (Å²) >= 11 is 3.33. The standard InChI is InChI=1S/C15H22BrNO2S/c1-12(2)11-13-7-9-17(10-8-13)20(18,19)15-5-3-14(16)4-6-15/h3-6,12-13H,7-11H2,1-2H3. The zero-order chi connectivity index (χ0) is 14.8. The highest BCUT2D eigenvalue weighted by atomic mass is 79.9. The first-order valence-electron chi connectivity index (χ1n) is 7.15. The molecule has 1 saturated heterocycles. The number of hydrogen-bond donors (Lipinski definition) is 0. The first kappa shape index (κ1) is 16.0. The maximum absolute atomic E-state index is 12.5. The number of hydrogen-bond acceptors (Lipinski definition) is 2. The van der Waals surface area contributed by atoms with Gasteiger partial charge < -0.3 is 0 Å². The first-order valence-corrected chi connectivity index (χ1v) is 9.38. The van der Waals surface area contributed by atoms with Gasteiger partial charge in [0, 0.05) is 17.6 Å². The molecule has 20 heavy (non-hydrogen) atoms. The lowest BCUT2D eigenvalue weighted by Crippen LogP contribution is -2.38. The van der Waals surface area contributed by atoms with Gasteiger partial charge in [-0.2, -0.15) is 4.31 Å². The number of rotatable bonds is 4. The molecule has 0 bridgehead atoms. The lowest BCUT2D eigenvalue weighted by atomic mass is 9.89. The molecule has 0 aromatic heterocycles. The molecule has 1 aliphatic heterocycles. The lowest BCUT2D eigenvalue weighted by Gasteiger charge is -2.32. The highest BCUT2D eigenvalue weighted by Gasteiger charge is 2.29. The molecule has 2 rings (SSSR count). The quantitative estimate of drug-likeness (QED) is 0.817. The van der Waals surface area contributed by atoms with Crippen LogP contribution in [0.25, 0.3) is 0 Å². The van der Waals surface area contributed by atoms with Crippen LogP contribution in [-0.2, 0) is 10.0 Å². The molecule has 0 atom stereocenters. The van der Waals surface area contributed by atoms with Crippen LogP contribution in [0.3, 0.4) is 0 Å². The fourth-order valence-electron chi connectivity index (χ4n) is 2.81. The third kappa shape index (κ3) is 3.83. The molecule has 5 heteroatoms. The largest absolute Gasteiger partial charge is 0.243 e. The molecule has 0 amide bonds. The Balaban J connectivity index is 2.04. The van der Waals surface area contributed by atoms with E-state index in [1.165, 1.54) is 6.42 Å². The Morgan fingerprint density at radius 2 is 1.75 bits per heavy atom. The van der Waals surface area contributed by atoms with Gasteiger partial charge >= 0.3 is 0 Å². The highest BCUT2D eigenvalue weighted by Crippen LogP contribution is 2.28. The summed E-state index contributed by atoms with van der Waals surface area (Å²) in [5.74, 6) is 1.36. The summed E-state index contributed by atoms with van der Waals surface area (Å²) in [6, 6.07) is 6.88. The SMILES string of the molecule is CC(C)CC1CCN(S(=O)(=O)c2ccc(Br)cc2)CC1. The summed E-state index contributed by atoms with van der Waals surface area (Å²) in [4.78, 5) is 0.392. The minimum absolute atomic E-state index is 0.392. The Morgan fingerprint density at radius 1 is 1.20 bits per heavy atom. The Kier molecular flexibility index (Phi) is 5.26. The summed E-state index contributed by atoms with van der Waals surface area (Å²) < 4.78 is 27.6. The van der Waals surface area contributed by atoms with Gasteiger partial charge in [-0.25, -0.2) is 8.42 Å². The zero-order valence-corrected chi connectivity index (χ0v) is 14.5. The van der Waals surface area contributed by atoms with Crippen molar-refractivity contribution in [1.29, 1.82) is 0 Å². The molecule has 0 aliphatic carbocycles. The maximum Gasteiger partial charge on any atom is 0.243 e. The van der Waals surface area contributed by atoms with Gasteiger partial charge in [0.2, 0.25) is 10.0 Å². The Hall–Kier alpha value is -0.390. The van der Waals surface area contributed by atoms with E-state index in [-0.39, 0.29) is 0 Å². The summed E-state index contributed by atoms with van der Waals surface area (Å²) in [6.07, 6.45) is 3.16. The second kappa shape index (κ2) is 6.58. The van der Waals surface area contributed by atoms with Crippen LogP contribution in [0.5, 0.6) is 0 Å². The monoisotopic (exact) mass is 359 g/mol. The van der Waals surface area contributed by atoms with Crippen molar-refractivity contribution in [3.8, 4) is 0 Å². The van der Waals surface area contributed by atoms with Crippen LogP contribution in [0.15, 0.2) is 33.6 Å². The van der Waals surface area contributed by atoms with Gasteiger partial charge in [0.1, 0.15) is 0 Å². The Bertz CT molecular complexity index is 531. The van der Waals surface area contributed by atoms with Crippen LogP contribution in [0.1, 0.15) is 33.1 Å². The average molecular weight is 360 g/mol. The van der Waals surface area contributed by atoms with E-state index in [4.69, 9.17) is 0 Å². The van der Waals surface area contributed by atoms with E-state index in [0.717, 1.165) is 17.3 Å². The molecule has 1 aliphatic rings. The molecule has 1 heterocycles. The van der Waals surface area contributed by atoms with Crippen molar-refractivity contribution in [2.24, 2.45) is 11.8 Å². The molecule has 1 aromatic rings. The van der Waals surface area contributed by atoms with Gasteiger partial charge in [-0.3, -0.25) is 0 Å². The van der Waals surface area contributed by atoms with Crippen molar-refractivity contribution in [2.45, 2.75) is 38.0 Å². The van der Waals surface area contributed by atoms with Crippen molar-refractivity contribution < 1.29 is 8.42 Å². The molecule has 0 radical (unpaired) electrons. The molecular weight excluding hydrogens is 338 g/mol. The Labute approximate surface area is 130 Å². The van der Waals surface area contributed by atoms with Crippen molar-refractivity contribution in [3.05, 3.63) is 28.7 Å². The summed E-state index contributed by atoms with van der Waals surface area (Å²) in [5, 5.41) is 0. The predicted octanol–water partition coefficient (Wildman–Crippen LogP) is 3.90. The first-order chi connectivity index (χ1) is 9.39. The van der Waals surface area contributed by atoms with Gasteiger partial charge in [-0.15, -0.1) is 0 Å². The van der Waals surface area contributed by atoms with Crippen LogP contribution in [0, 0.1) is 11.8 Å². The molecule has 0 saturated carbocycles. The fourth-order valence-corrected chi connectivity index (χ4v) is 4.54. The van der Waals surface area contributed by atoms with Crippen LogP contribution in [0.2, 0.25) is 0 Å². The number of piperidine rings is 1. The molecule has 0 spiro atoms. The van der Waals surface area contributed by atoms with Crippen LogP contribution in [-0.4, -0.2) is 25.8 Å². The number of nitrogens with zero attached hydrogens (tertiary/aromatic N) is 1. The highest BCUT2D eigenvalue weighted by molar-refractivity contribution is 9.10. The smallest absolute Gasteiger partial charge is 0.207 e. The number of sulfonamides is 1. The van der Waals surface area contributed by atoms with Gasteiger partial charge in [0.25, 0.3) is 0 Å². The molecule has 0 N–H and O–H groups in total. The van der Waals surface area contributed by atoms with Gasteiger partial charge in [0.05, 0.1) is 4.90 Å². The fraction of sp³-hybridized carbons (Fsp3) is 0.600. The van der Waals surface area contributed by atoms with E-state index < -0.39 is 10.0 Å². The second-order valence-electron chi connectivity index (χ2n) is 5.93. The summed E-state index contributed by atoms with van der Waals surface area (Å²) in [5.41, 5.74) is 0. The van der Waals surface area contributed by atoms with Crippen LogP contribution in [0.4, 0.5) is 0 Å². The van der Waals surface area contributed by atoms with E-state index in [9.17, 15) is 8.42 Å². The van der Waals surface area contributed by atoms with Crippen molar-refractivity contribution in [2.75, 3.05) is 13.1 Å². The van der Waals surface area contributed by atoms with E-state index in [1.807, 2.05) is 0 Å². The van der Waals surface area contributed by atoms with Crippen molar-refractivity contribution in [3.63, 3.8) is 0 Å². The Morgan fingerprint density at radius 3 is 2.25 bits per heavy atom. The summed E-state index contributed by atoms with van der Waals surface area (Å²) in [6.45, 7) is 5.75. The molecule has 1 aromatic carbocycles. The van der Waals surface area contributed by atoms with Gasteiger partial charge in [0.15, 0.2) is 0 Å². The lowest BCUT2D eigenvalue weighted by molar-refractivity contribution is 0.246. The molecule has 112 valence electrons. The third-order valence-corrected chi connectivity index (χ3v) is 6.27. The van der Waals surface area contributed by atoms with E-state index in [0.29, 0.717) is 29.8 Å². The van der Waals surface area contributed by atoms with Gasteiger partial charge in [-0.05, 0) is 55.4 Å². The maximum atomic E-state index is 12.5. The number of benzene rings is 1. The second-order valence-corrected chi connectivity index (χ2v) is 8.78. The average Bonchev–Trinajstić information content (AvgIpc) is 2.39. The van der Waals surface area contributed by atoms with E-state index >= 15 is 0 Å². The third-order valence-electron chi connectivity index (χ3n) is 3.83. The minimum Gasteiger partial charge on any atom is -0.207 e. The van der Waals surface area contributed by atoms with Crippen LogP contribution >= 0.6 is 15.9 Å². The van der Waals surface area contributed by atoms with Crippen molar-refractivity contribution >= 4 is 26.0 Å². The minimum atomic E-state index is -3.32. The predicted molar refractivity (Wildman–Crippen MR) is 85.1 cm³/mol. The molecule has 1 fully saturated rings. The molecular formula is C15H22BrNO2S. The van der Waals surface area contributed by atoms with Crippen LogP contribution < -0.4 is 0 Å². The number of halogens is 1. The molecule has 0 unspecified atom stereocenters.